The maximum absolute atomic E-state index is 10.9. The number of aromatic amines is 1. The van der Waals surface area contributed by atoms with Gasteiger partial charge in [-0.05, 0) is 13.0 Å². The third kappa shape index (κ3) is 1.34. The molecule has 10 heavy (non-hydrogen) atoms. The summed E-state index contributed by atoms with van der Waals surface area (Å²) in [5.74, 6) is -0.111. The first-order valence-corrected chi connectivity index (χ1v) is 3.12. The molecule has 1 amide bonds. The fourth-order valence-electron chi connectivity index (χ4n) is 0.638. The zero-order valence-corrected chi connectivity index (χ0v) is 5.72. The number of hydrogen-bond donors (Lipinski definition) is 2. The Balaban J connectivity index is 2.59. The lowest BCUT2D eigenvalue weighted by atomic mass is 10.4. The monoisotopic (exact) mass is 139 g/mol. The van der Waals surface area contributed by atoms with Crippen molar-refractivity contribution in [1.82, 2.24) is 15.5 Å². The molecule has 2 N–H and O–H groups in total. The van der Waals surface area contributed by atoms with Gasteiger partial charge in [0.25, 0.3) is 5.91 Å². The predicted octanol–water partition coefficient (Wildman–Crippen LogP) is 0.159. The minimum Gasteiger partial charge on any atom is -0.351 e. The number of carbonyl (C=O) groups excluding carboxylic acids is 1. The largest absolute Gasteiger partial charge is 0.351 e. The van der Waals surface area contributed by atoms with E-state index in [1.165, 1.54) is 0 Å². The highest BCUT2D eigenvalue weighted by Crippen LogP contribution is 1.89. The highest BCUT2D eigenvalue weighted by Gasteiger charge is 2.02. The Morgan fingerprint density at radius 3 is 3.20 bits per heavy atom. The molecule has 0 aliphatic rings. The Hall–Kier alpha value is -1.32. The summed E-state index contributed by atoms with van der Waals surface area (Å²) in [6, 6.07) is 1.63. The van der Waals surface area contributed by atoms with Gasteiger partial charge in [-0.1, -0.05) is 0 Å². The van der Waals surface area contributed by atoms with Gasteiger partial charge >= 0.3 is 0 Å². The van der Waals surface area contributed by atoms with Crippen molar-refractivity contribution in [3.63, 3.8) is 0 Å². The van der Waals surface area contributed by atoms with Crippen LogP contribution >= 0.6 is 0 Å². The number of nitrogens with zero attached hydrogens (tertiary/aromatic N) is 1. The lowest BCUT2D eigenvalue weighted by Gasteiger charge is -1.95. The zero-order chi connectivity index (χ0) is 7.40. The Bertz CT molecular complexity index is 205. The van der Waals surface area contributed by atoms with Crippen LogP contribution in [0.25, 0.3) is 0 Å². The van der Waals surface area contributed by atoms with Crippen molar-refractivity contribution in [3.05, 3.63) is 18.0 Å². The van der Waals surface area contributed by atoms with Gasteiger partial charge in [0.15, 0.2) is 0 Å². The van der Waals surface area contributed by atoms with Gasteiger partial charge in [-0.3, -0.25) is 9.89 Å². The molecule has 0 unspecified atom stereocenters. The quantitative estimate of drug-likeness (QED) is 0.613. The van der Waals surface area contributed by atoms with Crippen LogP contribution in [0.5, 0.6) is 0 Å². The van der Waals surface area contributed by atoms with E-state index in [1.807, 2.05) is 6.92 Å². The molecule has 0 saturated heterocycles. The molecule has 4 nitrogen and oxygen atoms in total. The van der Waals surface area contributed by atoms with E-state index in [0.29, 0.717) is 12.2 Å². The molecule has 0 aliphatic carbocycles. The van der Waals surface area contributed by atoms with Crippen molar-refractivity contribution in [1.29, 1.82) is 0 Å². The average molecular weight is 139 g/mol. The van der Waals surface area contributed by atoms with Crippen LogP contribution in [-0.4, -0.2) is 22.6 Å². The molecule has 0 saturated carbocycles. The first kappa shape index (κ1) is 6.80. The first-order chi connectivity index (χ1) is 4.84. The number of nitrogens with one attached hydrogen (secondary N) is 2. The van der Waals surface area contributed by atoms with Gasteiger partial charge in [0.05, 0.1) is 0 Å². The van der Waals surface area contributed by atoms with Gasteiger partial charge in [0.2, 0.25) is 0 Å². The number of H-pyrrole nitrogens is 1. The fourth-order valence-corrected chi connectivity index (χ4v) is 0.638. The van der Waals surface area contributed by atoms with E-state index in [-0.39, 0.29) is 5.91 Å². The molecule has 1 heterocycles. The lowest BCUT2D eigenvalue weighted by Crippen LogP contribution is -2.22. The van der Waals surface area contributed by atoms with Crippen LogP contribution in [0.15, 0.2) is 12.3 Å². The Morgan fingerprint density at radius 2 is 2.70 bits per heavy atom. The highest BCUT2D eigenvalue weighted by molar-refractivity contribution is 5.91. The summed E-state index contributed by atoms with van der Waals surface area (Å²) in [5.41, 5.74) is 0.502. The summed E-state index contributed by atoms with van der Waals surface area (Å²) in [4.78, 5) is 10.9. The molecule has 0 atom stereocenters. The predicted molar refractivity (Wildman–Crippen MR) is 36.6 cm³/mol. The van der Waals surface area contributed by atoms with Gasteiger partial charge in [-0.25, -0.2) is 0 Å². The molecule has 1 aromatic rings. The highest BCUT2D eigenvalue weighted by atomic mass is 16.1. The van der Waals surface area contributed by atoms with Crippen LogP contribution in [0.2, 0.25) is 0 Å². The minimum atomic E-state index is -0.111. The van der Waals surface area contributed by atoms with Crippen molar-refractivity contribution >= 4 is 5.91 Å². The SMILES string of the molecule is CCNC(=O)c1ccn[nH]1. The number of aromatic nitrogens is 2. The second kappa shape index (κ2) is 3.00. The van der Waals surface area contributed by atoms with E-state index in [2.05, 4.69) is 15.5 Å². The second-order valence-corrected chi connectivity index (χ2v) is 1.83. The van der Waals surface area contributed by atoms with E-state index in [4.69, 9.17) is 0 Å². The van der Waals surface area contributed by atoms with E-state index in [0.717, 1.165) is 0 Å². The Labute approximate surface area is 58.6 Å². The van der Waals surface area contributed by atoms with Gasteiger partial charge in [0.1, 0.15) is 5.69 Å². The third-order valence-electron chi connectivity index (χ3n) is 1.08. The summed E-state index contributed by atoms with van der Waals surface area (Å²) >= 11 is 0. The molecule has 0 bridgehead atoms. The van der Waals surface area contributed by atoms with Crippen LogP contribution in [0, 0.1) is 0 Å². The molecular weight excluding hydrogens is 130 g/mol. The summed E-state index contributed by atoms with van der Waals surface area (Å²) in [5, 5.41) is 8.84. The van der Waals surface area contributed by atoms with Gasteiger partial charge in [-0.2, -0.15) is 5.10 Å². The zero-order valence-electron chi connectivity index (χ0n) is 5.72. The van der Waals surface area contributed by atoms with Gasteiger partial charge < -0.3 is 5.32 Å². The van der Waals surface area contributed by atoms with E-state index in [1.54, 1.807) is 12.3 Å². The van der Waals surface area contributed by atoms with Crippen LogP contribution in [0.4, 0.5) is 0 Å². The maximum atomic E-state index is 10.9. The Kier molecular flexibility index (Phi) is 2.04. The first-order valence-electron chi connectivity index (χ1n) is 3.12. The summed E-state index contributed by atoms with van der Waals surface area (Å²) in [7, 11) is 0. The normalized spacial score (nSPS) is 9.30. The minimum absolute atomic E-state index is 0.111. The van der Waals surface area contributed by atoms with E-state index >= 15 is 0 Å². The van der Waals surface area contributed by atoms with E-state index < -0.39 is 0 Å². The van der Waals surface area contributed by atoms with Crippen LogP contribution in [0.1, 0.15) is 17.4 Å². The number of hydrogen-bond acceptors (Lipinski definition) is 2. The molecule has 1 aromatic heterocycles. The van der Waals surface area contributed by atoms with Gasteiger partial charge in [0, 0.05) is 12.7 Å². The summed E-state index contributed by atoms with van der Waals surface area (Å²) in [6.07, 6.45) is 1.55. The van der Waals surface area contributed by atoms with Crippen molar-refractivity contribution in [2.24, 2.45) is 0 Å². The standard InChI is InChI=1S/C6H9N3O/c1-2-7-6(10)5-3-4-8-9-5/h3-4H,2H2,1H3,(H,7,10)(H,8,9). The molecule has 4 heteroatoms. The van der Waals surface area contributed by atoms with Crippen LogP contribution in [0.3, 0.4) is 0 Å². The number of rotatable bonds is 2. The van der Waals surface area contributed by atoms with E-state index in [9.17, 15) is 4.79 Å². The molecule has 0 spiro atoms. The third-order valence-corrected chi connectivity index (χ3v) is 1.08. The van der Waals surface area contributed by atoms with Gasteiger partial charge in [-0.15, -0.1) is 0 Å². The van der Waals surface area contributed by atoms with Crippen molar-refractivity contribution < 1.29 is 4.79 Å². The molecule has 0 aliphatic heterocycles. The smallest absolute Gasteiger partial charge is 0.269 e. The summed E-state index contributed by atoms with van der Waals surface area (Å²) in [6.45, 7) is 2.51. The molecule has 0 radical (unpaired) electrons. The fraction of sp³-hybridized carbons (Fsp3) is 0.333. The van der Waals surface area contributed by atoms with Crippen molar-refractivity contribution in [3.8, 4) is 0 Å². The number of amides is 1. The molecule has 0 aromatic carbocycles. The molecule has 54 valence electrons. The molecule has 0 fully saturated rings. The molecule has 1 rings (SSSR count). The molecular formula is C6H9N3O. The second-order valence-electron chi connectivity index (χ2n) is 1.83. The Morgan fingerprint density at radius 1 is 1.90 bits per heavy atom. The van der Waals surface area contributed by atoms with Crippen LogP contribution in [-0.2, 0) is 0 Å². The topological polar surface area (TPSA) is 57.8 Å². The summed E-state index contributed by atoms with van der Waals surface area (Å²) < 4.78 is 0. The van der Waals surface area contributed by atoms with Crippen molar-refractivity contribution in [2.75, 3.05) is 6.54 Å². The van der Waals surface area contributed by atoms with Crippen LogP contribution < -0.4 is 5.32 Å². The number of carbonyl (C=O) groups is 1. The van der Waals surface area contributed by atoms with Crippen molar-refractivity contribution in [2.45, 2.75) is 6.92 Å². The average Bonchev–Trinajstić information content (AvgIpc) is 2.38. The lowest BCUT2D eigenvalue weighted by molar-refractivity contribution is 0.0951. The maximum Gasteiger partial charge on any atom is 0.269 e.